The minimum Gasteiger partial charge on any atom is -0.343 e. The zero-order chi connectivity index (χ0) is 16.7. The molecule has 3 aromatic rings. The Morgan fingerprint density at radius 2 is 1.74 bits per heavy atom. The Balaban J connectivity index is 2.48. The maximum Gasteiger partial charge on any atom is 0.330 e. The summed E-state index contributed by atoms with van der Waals surface area (Å²) in [5, 5.41) is 0.426. The molecule has 2 N–H and O–H groups in total. The van der Waals surface area contributed by atoms with Crippen molar-refractivity contribution in [3.63, 3.8) is 0 Å². The summed E-state index contributed by atoms with van der Waals surface area (Å²) >= 11 is 0. The van der Waals surface area contributed by atoms with Crippen molar-refractivity contribution in [1.29, 1.82) is 0 Å². The van der Waals surface area contributed by atoms with Gasteiger partial charge in [-0.25, -0.2) is 9.18 Å². The second-order valence-electron chi connectivity index (χ2n) is 5.43. The van der Waals surface area contributed by atoms with E-state index in [2.05, 4.69) is 0 Å². The van der Waals surface area contributed by atoms with Gasteiger partial charge in [-0.15, -0.1) is 0 Å². The second kappa shape index (κ2) is 5.51. The van der Waals surface area contributed by atoms with E-state index in [1.165, 1.54) is 23.7 Å². The molecular weight excluding hydrogens is 299 g/mol. The summed E-state index contributed by atoms with van der Waals surface area (Å²) in [4.78, 5) is 24.7. The number of rotatable bonds is 3. The zero-order valence-electron chi connectivity index (χ0n) is 12.9. The van der Waals surface area contributed by atoms with Crippen LogP contribution in [-0.2, 0) is 20.6 Å². The van der Waals surface area contributed by atoms with Gasteiger partial charge in [-0.05, 0) is 29.8 Å². The van der Waals surface area contributed by atoms with Crippen LogP contribution in [0.5, 0.6) is 0 Å². The van der Waals surface area contributed by atoms with Crippen molar-refractivity contribution in [2.45, 2.75) is 6.54 Å². The van der Waals surface area contributed by atoms with Crippen molar-refractivity contribution in [2.24, 2.45) is 19.8 Å². The number of hydrogen-bond acceptors (Lipinski definition) is 3. The molecule has 0 aliphatic carbocycles. The van der Waals surface area contributed by atoms with E-state index in [9.17, 15) is 14.0 Å². The predicted octanol–water partition coefficient (Wildman–Crippen LogP) is 0.804. The monoisotopic (exact) mass is 316 g/mol. The molecule has 0 saturated carbocycles. The van der Waals surface area contributed by atoms with Crippen molar-refractivity contribution in [2.75, 3.05) is 6.54 Å². The summed E-state index contributed by atoms with van der Waals surface area (Å²) < 4.78 is 17.5. The summed E-state index contributed by atoms with van der Waals surface area (Å²) in [7, 11) is 3.06. The van der Waals surface area contributed by atoms with Crippen molar-refractivity contribution >= 4 is 10.9 Å². The average molecular weight is 316 g/mol. The lowest BCUT2D eigenvalue weighted by Crippen LogP contribution is -2.36. The summed E-state index contributed by atoms with van der Waals surface area (Å²) in [6.45, 7) is 0.863. The lowest BCUT2D eigenvalue weighted by Gasteiger charge is -2.09. The topological polar surface area (TPSA) is 75.0 Å². The van der Waals surface area contributed by atoms with E-state index >= 15 is 0 Å². The van der Waals surface area contributed by atoms with Gasteiger partial charge >= 0.3 is 5.69 Å². The Bertz CT molecular complexity index is 996. The van der Waals surface area contributed by atoms with Gasteiger partial charge in [-0.2, -0.15) is 0 Å². The van der Waals surface area contributed by atoms with Crippen molar-refractivity contribution < 1.29 is 4.39 Å². The van der Waals surface area contributed by atoms with Gasteiger partial charge in [0.25, 0.3) is 5.56 Å². The van der Waals surface area contributed by atoms with Gasteiger partial charge in [0.1, 0.15) is 5.82 Å². The summed E-state index contributed by atoms with van der Waals surface area (Å²) in [6.07, 6.45) is 1.74. The summed E-state index contributed by atoms with van der Waals surface area (Å²) in [5.41, 5.74) is 6.76. The first kappa shape index (κ1) is 15.2. The van der Waals surface area contributed by atoms with E-state index in [0.29, 0.717) is 35.2 Å². The van der Waals surface area contributed by atoms with Gasteiger partial charge in [0.15, 0.2) is 0 Å². The highest BCUT2D eigenvalue weighted by Crippen LogP contribution is 2.28. The molecule has 7 heteroatoms. The number of fused-ring (bicyclic) bond motifs is 1. The van der Waals surface area contributed by atoms with Crippen molar-refractivity contribution in [1.82, 2.24) is 13.7 Å². The molecule has 1 aromatic carbocycles. The lowest BCUT2D eigenvalue weighted by molar-refractivity contribution is 0.628. The highest BCUT2D eigenvalue weighted by molar-refractivity contribution is 5.93. The van der Waals surface area contributed by atoms with Crippen LogP contribution in [0.3, 0.4) is 0 Å². The minimum atomic E-state index is -0.391. The molecule has 23 heavy (non-hydrogen) atoms. The fourth-order valence-corrected chi connectivity index (χ4v) is 2.82. The van der Waals surface area contributed by atoms with Crippen LogP contribution >= 0.6 is 0 Å². The SMILES string of the molecule is Cn1c(=O)c2c(-c3ccc(F)cc3)n(CCN)cc2n(C)c1=O. The first-order chi connectivity index (χ1) is 11.0. The Hall–Kier alpha value is -2.67. The third-order valence-electron chi connectivity index (χ3n) is 4.00. The molecule has 2 heterocycles. The van der Waals surface area contributed by atoms with Gasteiger partial charge in [0, 0.05) is 33.4 Å². The lowest BCUT2D eigenvalue weighted by atomic mass is 10.1. The van der Waals surface area contributed by atoms with E-state index in [4.69, 9.17) is 5.73 Å². The number of benzene rings is 1. The number of nitrogens with zero attached hydrogens (tertiary/aromatic N) is 3. The number of nitrogens with two attached hydrogens (primary N) is 1. The molecule has 0 spiro atoms. The normalized spacial score (nSPS) is 11.3. The Morgan fingerprint density at radius 3 is 2.35 bits per heavy atom. The molecule has 0 aliphatic rings. The standard InChI is InChI=1S/C16H17FN4O2/c1-19-12-9-21(8-7-18)14(10-3-5-11(17)6-4-10)13(12)15(22)20(2)16(19)23/h3-6,9H,7-8,18H2,1-2H3. The molecule has 0 saturated heterocycles. The maximum atomic E-state index is 13.2. The first-order valence-corrected chi connectivity index (χ1v) is 7.20. The van der Waals surface area contributed by atoms with E-state index in [-0.39, 0.29) is 11.4 Å². The van der Waals surface area contributed by atoms with Crippen LogP contribution in [0.4, 0.5) is 4.39 Å². The number of hydrogen-bond donors (Lipinski definition) is 1. The van der Waals surface area contributed by atoms with Crippen molar-refractivity contribution in [3.8, 4) is 11.3 Å². The Labute approximate surface area is 131 Å². The van der Waals surface area contributed by atoms with Gasteiger partial charge in [-0.3, -0.25) is 13.9 Å². The highest BCUT2D eigenvalue weighted by atomic mass is 19.1. The predicted molar refractivity (Wildman–Crippen MR) is 86.9 cm³/mol. The van der Waals surface area contributed by atoms with Gasteiger partial charge in [0.05, 0.1) is 16.6 Å². The number of aryl methyl sites for hydroxylation is 1. The van der Waals surface area contributed by atoms with Crippen LogP contribution < -0.4 is 17.0 Å². The maximum absolute atomic E-state index is 13.2. The van der Waals surface area contributed by atoms with Crippen LogP contribution in [-0.4, -0.2) is 20.2 Å². The van der Waals surface area contributed by atoms with E-state index in [1.807, 2.05) is 4.57 Å². The van der Waals surface area contributed by atoms with Crippen LogP contribution in [0.15, 0.2) is 40.1 Å². The Kier molecular flexibility index (Phi) is 3.65. The molecule has 0 amide bonds. The molecule has 0 aliphatic heterocycles. The molecule has 6 nitrogen and oxygen atoms in total. The summed E-state index contributed by atoms with van der Waals surface area (Å²) in [5.74, 6) is -0.352. The van der Waals surface area contributed by atoms with Crippen LogP contribution in [0.25, 0.3) is 22.2 Å². The molecular formula is C16H17FN4O2. The molecule has 120 valence electrons. The van der Waals surface area contributed by atoms with Gasteiger partial charge < -0.3 is 10.3 Å². The summed E-state index contributed by atoms with van der Waals surface area (Å²) in [6, 6.07) is 5.91. The third kappa shape index (κ3) is 2.29. The van der Waals surface area contributed by atoms with E-state index in [1.54, 1.807) is 25.4 Å². The molecule has 2 aromatic heterocycles. The van der Waals surface area contributed by atoms with Crippen LogP contribution in [0, 0.1) is 5.82 Å². The van der Waals surface area contributed by atoms with Gasteiger partial charge in [0.2, 0.25) is 0 Å². The third-order valence-corrected chi connectivity index (χ3v) is 4.00. The number of halogens is 1. The van der Waals surface area contributed by atoms with E-state index < -0.39 is 5.69 Å². The number of aromatic nitrogens is 3. The molecule has 0 unspecified atom stereocenters. The Morgan fingerprint density at radius 1 is 1.09 bits per heavy atom. The minimum absolute atomic E-state index is 0.352. The van der Waals surface area contributed by atoms with Crippen LogP contribution in [0.2, 0.25) is 0 Å². The van der Waals surface area contributed by atoms with Crippen LogP contribution in [0.1, 0.15) is 0 Å². The first-order valence-electron chi connectivity index (χ1n) is 7.20. The molecule has 0 fully saturated rings. The zero-order valence-corrected chi connectivity index (χ0v) is 12.9. The second-order valence-corrected chi connectivity index (χ2v) is 5.43. The fourth-order valence-electron chi connectivity index (χ4n) is 2.82. The van der Waals surface area contributed by atoms with Crippen molar-refractivity contribution in [3.05, 3.63) is 57.1 Å². The molecule has 0 radical (unpaired) electrons. The van der Waals surface area contributed by atoms with Gasteiger partial charge in [-0.1, -0.05) is 0 Å². The molecule has 3 rings (SSSR count). The average Bonchev–Trinajstić information content (AvgIpc) is 2.91. The van der Waals surface area contributed by atoms with E-state index in [0.717, 1.165) is 4.57 Å². The smallest absolute Gasteiger partial charge is 0.330 e. The quantitative estimate of drug-likeness (QED) is 0.777. The highest BCUT2D eigenvalue weighted by Gasteiger charge is 2.18. The molecule has 0 bridgehead atoms. The fraction of sp³-hybridized carbons (Fsp3) is 0.250. The largest absolute Gasteiger partial charge is 0.343 e. The molecule has 0 atom stereocenters.